The number of allylic oxidation sites excluding steroid dienone is 8. The van der Waals surface area contributed by atoms with Crippen molar-refractivity contribution in [3.63, 3.8) is 0 Å². The zero-order valence-electron chi connectivity index (χ0n) is 54.6. The second-order valence-corrected chi connectivity index (χ2v) is 25.3. The average Bonchev–Trinajstić information content (AvgIpc) is 3.66. The third kappa shape index (κ3) is 48.1. The van der Waals surface area contributed by atoms with Crippen LogP contribution in [0.15, 0.2) is 48.6 Å². The van der Waals surface area contributed by atoms with E-state index in [2.05, 4.69) is 67.8 Å². The van der Waals surface area contributed by atoms with Gasteiger partial charge in [0.25, 0.3) is 0 Å². The van der Waals surface area contributed by atoms with Crippen LogP contribution in [0.2, 0.25) is 0 Å². The fourth-order valence-electron chi connectivity index (χ4n) is 11.5. The minimum absolute atomic E-state index is 0.241. The van der Waals surface area contributed by atoms with Crippen LogP contribution in [0.25, 0.3) is 0 Å². The SMILES string of the molecule is CCCCCCCCCCCCCC/C=C\CCCCCCCCCCCCCCCC(O)C(=O)NC(COC1OC(CO)C(O)C(O)C1O)C(O)C(O)CCC/C=C/CC/C=C/CC/C=C/CCCCCCCCCCCCCCCCC. The van der Waals surface area contributed by atoms with E-state index in [0.29, 0.717) is 19.3 Å². The van der Waals surface area contributed by atoms with Crippen molar-refractivity contribution < 1.29 is 50.0 Å². The van der Waals surface area contributed by atoms with Crippen molar-refractivity contribution in [1.29, 1.82) is 0 Å². The minimum atomic E-state index is -1.68. The monoisotopic (exact) mass is 1190 g/mol. The molecule has 1 aliphatic rings. The topological polar surface area (TPSA) is 189 Å². The molecule has 0 spiro atoms. The Balaban J connectivity index is 2.23. The molecular weight excluding hydrogens is 1050 g/mol. The maximum Gasteiger partial charge on any atom is 0.249 e. The summed E-state index contributed by atoms with van der Waals surface area (Å²) in [5.41, 5.74) is 0. The molecule has 1 fully saturated rings. The lowest BCUT2D eigenvalue weighted by Gasteiger charge is -2.40. The number of aliphatic hydroxyl groups excluding tert-OH is 7. The van der Waals surface area contributed by atoms with Crippen LogP contribution in [0.4, 0.5) is 0 Å². The molecule has 84 heavy (non-hydrogen) atoms. The number of rotatable bonds is 63. The van der Waals surface area contributed by atoms with E-state index < -0.39 is 74.2 Å². The van der Waals surface area contributed by atoms with Crippen LogP contribution in [-0.2, 0) is 14.3 Å². The molecule has 0 aromatic carbocycles. The van der Waals surface area contributed by atoms with Gasteiger partial charge in [-0.05, 0) is 89.9 Å². The summed E-state index contributed by atoms with van der Waals surface area (Å²) in [5, 5.41) is 76.5. The highest BCUT2D eigenvalue weighted by Crippen LogP contribution is 2.24. The first-order chi connectivity index (χ1) is 41.2. The molecule has 0 saturated carbocycles. The molecule has 1 amide bonds. The van der Waals surface area contributed by atoms with Crippen molar-refractivity contribution in [2.24, 2.45) is 0 Å². The number of hydrogen-bond acceptors (Lipinski definition) is 10. The van der Waals surface area contributed by atoms with Gasteiger partial charge in [-0.25, -0.2) is 0 Å². The average molecular weight is 1190 g/mol. The van der Waals surface area contributed by atoms with Crippen molar-refractivity contribution in [1.82, 2.24) is 5.32 Å². The predicted octanol–water partition coefficient (Wildman–Crippen LogP) is 17.5. The van der Waals surface area contributed by atoms with Gasteiger partial charge in [-0.1, -0.05) is 300 Å². The summed E-state index contributed by atoms with van der Waals surface area (Å²) in [4.78, 5) is 13.3. The van der Waals surface area contributed by atoms with Crippen LogP contribution in [-0.4, -0.2) is 110 Å². The molecule has 0 aliphatic carbocycles. The maximum absolute atomic E-state index is 13.3. The number of aliphatic hydroxyl groups is 7. The lowest BCUT2D eigenvalue weighted by atomic mass is 9.98. The van der Waals surface area contributed by atoms with Crippen LogP contribution < -0.4 is 5.32 Å². The summed E-state index contributed by atoms with van der Waals surface area (Å²) in [6.45, 7) is 3.49. The smallest absolute Gasteiger partial charge is 0.249 e. The molecule has 0 aromatic rings. The van der Waals surface area contributed by atoms with Crippen LogP contribution >= 0.6 is 0 Å². The van der Waals surface area contributed by atoms with Crippen LogP contribution in [0, 0.1) is 0 Å². The van der Waals surface area contributed by atoms with Gasteiger partial charge >= 0.3 is 0 Å². The summed E-state index contributed by atoms with van der Waals surface area (Å²) in [6, 6.07) is -1.20. The van der Waals surface area contributed by atoms with Crippen molar-refractivity contribution in [2.45, 2.75) is 396 Å². The number of ether oxygens (including phenoxy) is 2. The molecule has 9 unspecified atom stereocenters. The van der Waals surface area contributed by atoms with Gasteiger partial charge in [0, 0.05) is 0 Å². The number of unbranched alkanes of at least 4 members (excludes halogenated alkanes) is 43. The number of nitrogens with one attached hydrogen (secondary N) is 1. The van der Waals surface area contributed by atoms with Crippen molar-refractivity contribution in [2.75, 3.05) is 13.2 Å². The van der Waals surface area contributed by atoms with Gasteiger partial charge in [-0.15, -0.1) is 0 Å². The standard InChI is InChI=1S/C73H137NO10/c1-3-5-7-9-11-13-15-17-19-21-23-25-27-29-31-33-35-37-39-41-43-45-47-49-51-53-55-57-59-61-66(77)72(82)74-64(63-83-73-71(81)70(80)69(79)67(62-75)84-73)68(78)65(76)60-58-56-54-52-50-48-46-44-42-40-38-36-34-32-30-28-26-24-22-20-18-16-14-12-10-8-6-4-2/h29,31,36,38,44,46,52,54,64-71,73,75-81H,3-28,30,32-35,37,39-43,45,47-51,53,55-63H2,1-2H3,(H,74,82)/b31-29-,38-36+,46-44+,54-52+. The second-order valence-electron chi connectivity index (χ2n) is 25.3. The largest absolute Gasteiger partial charge is 0.394 e. The van der Waals surface area contributed by atoms with E-state index in [1.165, 1.54) is 250 Å². The number of amides is 1. The number of carbonyl (C=O) groups excluding carboxylic acids is 1. The zero-order valence-corrected chi connectivity index (χ0v) is 54.6. The fraction of sp³-hybridized carbons (Fsp3) is 0.877. The summed E-state index contributed by atoms with van der Waals surface area (Å²) in [7, 11) is 0. The first kappa shape index (κ1) is 80.1. The molecule has 1 saturated heterocycles. The minimum Gasteiger partial charge on any atom is -0.394 e. The summed E-state index contributed by atoms with van der Waals surface area (Å²) in [5.74, 6) is -0.709. The Morgan fingerprint density at radius 3 is 1.06 bits per heavy atom. The molecule has 0 radical (unpaired) electrons. The second kappa shape index (κ2) is 61.3. The molecule has 9 atom stereocenters. The van der Waals surface area contributed by atoms with E-state index in [-0.39, 0.29) is 12.8 Å². The van der Waals surface area contributed by atoms with E-state index >= 15 is 0 Å². The molecule has 1 rings (SSSR count). The third-order valence-electron chi connectivity index (χ3n) is 17.3. The first-order valence-corrected chi connectivity index (χ1v) is 36.0. The van der Waals surface area contributed by atoms with E-state index in [0.717, 1.165) is 44.9 Å². The first-order valence-electron chi connectivity index (χ1n) is 36.0. The number of carbonyl (C=O) groups is 1. The summed E-state index contributed by atoms with van der Waals surface area (Å²) < 4.78 is 11.2. The van der Waals surface area contributed by atoms with Gasteiger partial charge in [0.2, 0.25) is 5.91 Å². The lowest BCUT2D eigenvalue weighted by Crippen LogP contribution is -2.60. The highest BCUT2D eigenvalue weighted by Gasteiger charge is 2.44. The third-order valence-corrected chi connectivity index (χ3v) is 17.3. The lowest BCUT2D eigenvalue weighted by molar-refractivity contribution is -0.303. The Morgan fingerprint density at radius 1 is 0.405 bits per heavy atom. The van der Waals surface area contributed by atoms with Crippen LogP contribution in [0.5, 0.6) is 0 Å². The fourth-order valence-corrected chi connectivity index (χ4v) is 11.5. The van der Waals surface area contributed by atoms with E-state index in [9.17, 15) is 40.5 Å². The Hall–Kier alpha value is -1.93. The van der Waals surface area contributed by atoms with Gasteiger partial charge in [0.05, 0.1) is 25.4 Å². The number of hydrogen-bond donors (Lipinski definition) is 8. The zero-order chi connectivity index (χ0) is 61.0. The van der Waals surface area contributed by atoms with Crippen LogP contribution in [0.1, 0.15) is 341 Å². The van der Waals surface area contributed by atoms with E-state index in [4.69, 9.17) is 9.47 Å². The highest BCUT2D eigenvalue weighted by molar-refractivity contribution is 5.80. The van der Waals surface area contributed by atoms with Gasteiger partial charge in [0.1, 0.15) is 36.6 Å². The van der Waals surface area contributed by atoms with Gasteiger partial charge < -0.3 is 50.5 Å². The Bertz CT molecular complexity index is 1510. The Morgan fingerprint density at radius 2 is 0.714 bits per heavy atom. The molecule has 11 nitrogen and oxygen atoms in total. The van der Waals surface area contributed by atoms with E-state index in [1.54, 1.807) is 0 Å². The molecule has 1 heterocycles. The molecule has 8 N–H and O–H groups in total. The highest BCUT2D eigenvalue weighted by atomic mass is 16.7. The van der Waals surface area contributed by atoms with Gasteiger partial charge in [0.15, 0.2) is 6.29 Å². The maximum atomic E-state index is 13.3. The van der Waals surface area contributed by atoms with Crippen molar-refractivity contribution in [3.8, 4) is 0 Å². The van der Waals surface area contributed by atoms with Gasteiger partial charge in [-0.2, -0.15) is 0 Å². The molecule has 0 aromatic heterocycles. The predicted molar refractivity (Wildman–Crippen MR) is 353 cm³/mol. The molecular formula is C73H137NO10. The van der Waals surface area contributed by atoms with E-state index in [1.807, 2.05) is 0 Å². The summed E-state index contributed by atoms with van der Waals surface area (Å²) >= 11 is 0. The summed E-state index contributed by atoms with van der Waals surface area (Å²) in [6.07, 6.45) is 69.2. The molecule has 1 aliphatic heterocycles. The normalized spacial score (nSPS) is 19.2. The van der Waals surface area contributed by atoms with Crippen molar-refractivity contribution >= 4 is 5.91 Å². The van der Waals surface area contributed by atoms with Crippen LogP contribution in [0.3, 0.4) is 0 Å². The molecule has 11 heteroatoms. The molecule has 494 valence electrons. The molecule has 0 bridgehead atoms. The Kier molecular flexibility index (Phi) is 58.5. The van der Waals surface area contributed by atoms with Crippen molar-refractivity contribution in [3.05, 3.63) is 48.6 Å². The van der Waals surface area contributed by atoms with Gasteiger partial charge in [-0.3, -0.25) is 4.79 Å². The Labute approximate surface area is 517 Å². The quantitative estimate of drug-likeness (QED) is 0.0215.